The highest BCUT2D eigenvalue weighted by atomic mass is 19.1. The molecule has 1 N–H and O–H groups in total. The molecule has 0 aliphatic heterocycles. The van der Waals surface area contributed by atoms with Crippen molar-refractivity contribution in [2.75, 3.05) is 11.9 Å². The molecule has 0 radical (unpaired) electrons. The lowest BCUT2D eigenvalue weighted by Gasteiger charge is -2.11. The number of aryl methyl sites for hydroxylation is 1. The third-order valence-electron chi connectivity index (χ3n) is 2.59. The minimum Gasteiger partial charge on any atom is -0.436 e. The van der Waals surface area contributed by atoms with E-state index in [0.717, 1.165) is 0 Å². The van der Waals surface area contributed by atoms with E-state index in [1.54, 1.807) is 13.8 Å². The van der Waals surface area contributed by atoms with Gasteiger partial charge in [-0.2, -0.15) is 4.98 Å². The van der Waals surface area contributed by atoms with E-state index in [9.17, 15) is 13.2 Å². The van der Waals surface area contributed by atoms with Gasteiger partial charge < -0.3 is 10.1 Å². The Bertz CT molecular complexity index is 632. The van der Waals surface area contributed by atoms with E-state index in [4.69, 9.17) is 4.74 Å². The van der Waals surface area contributed by atoms with E-state index in [2.05, 4.69) is 10.3 Å². The summed E-state index contributed by atoms with van der Waals surface area (Å²) in [5.41, 5.74) is 0.487. The molecule has 0 atom stereocenters. The van der Waals surface area contributed by atoms with E-state index < -0.39 is 17.5 Å². The summed E-state index contributed by atoms with van der Waals surface area (Å²) in [5.74, 6) is -2.34. The Kier molecular flexibility index (Phi) is 4.12. The predicted octanol–water partition coefficient (Wildman–Crippen LogP) is 4.03. The van der Waals surface area contributed by atoms with Gasteiger partial charge >= 0.3 is 0 Å². The van der Waals surface area contributed by atoms with Gasteiger partial charge in [0.25, 0.3) is 5.88 Å². The molecule has 106 valence electrons. The Morgan fingerprint density at radius 3 is 2.55 bits per heavy atom. The second-order valence-electron chi connectivity index (χ2n) is 4.15. The van der Waals surface area contributed by atoms with Gasteiger partial charge in [-0.1, -0.05) is 0 Å². The van der Waals surface area contributed by atoms with Crippen molar-refractivity contribution in [3.05, 3.63) is 47.3 Å². The van der Waals surface area contributed by atoms with Crippen molar-refractivity contribution in [2.45, 2.75) is 13.8 Å². The standard InChI is InChI=1S/C14H13F3N2O/c1-3-18-13-10(16)7-11(17)14(19-13)20-12-5-4-9(15)6-8(12)2/h4-7H,3H2,1-2H3,(H,18,19). The summed E-state index contributed by atoms with van der Waals surface area (Å²) in [5, 5.41) is 2.66. The third kappa shape index (κ3) is 3.01. The van der Waals surface area contributed by atoms with E-state index in [1.807, 2.05) is 0 Å². The van der Waals surface area contributed by atoms with Gasteiger partial charge in [-0.15, -0.1) is 0 Å². The summed E-state index contributed by atoms with van der Waals surface area (Å²) in [6.45, 7) is 3.81. The summed E-state index contributed by atoms with van der Waals surface area (Å²) < 4.78 is 45.3. The Labute approximate surface area is 114 Å². The van der Waals surface area contributed by atoms with Crippen LogP contribution in [0.15, 0.2) is 24.3 Å². The molecular formula is C14H13F3N2O. The topological polar surface area (TPSA) is 34.2 Å². The lowest BCUT2D eigenvalue weighted by Crippen LogP contribution is -2.05. The molecule has 2 aromatic rings. The van der Waals surface area contributed by atoms with Crippen LogP contribution in [0.1, 0.15) is 12.5 Å². The van der Waals surface area contributed by atoms with Crippen LogP contribution >= 0.6 is 0 Å². The number of hydrogen-bond donors (Lipinski definition) is 1. The number of anilines is 1. The fourth-order valence-corrected chi connectivity index (χ4v) is 1.64. The SMILES string of the molecule is CCNc1nc(Oc2ccc(F)cc2C)c(F)cc1F. The molecule has 0 saturated heterocycles. The lowest BCUT2D eigenvalue weighted by molar-refractivity contribution is 0.414. The highest BCUT2D eigenvalue weighted by molar-refractivity contribution is 5.42. The molecular weight excluding hydrogens is 269 g/mol. The smallest absolute Gasteiger partial charge is 0.258 e. The maximum atomic E-state index is 13.6. The first-order chi connectivity index (χ1) is 9.51. The van der Waals surface area contributed by atoms with Crippen LogP contribution in [0.25, 0.3) is 0 Å². The molecule has 0 aliphatic carbocycles. The highest BCUT2D eigenvalue weighted by Gasteiger charge is 2.14. The third-order valence-corrected chi connectivity index (χ3v) is 2.59. The van der Waals surface area contributed by atoms with Gasteiger partial charge in [0.1, 0.15) is 11.6 Å². The zero-order valence-electron chi connectivity index (χ0n) is 11.0. The monoisotopic (exact) mass is 282 g/mol. The van der Waals surface area contributed by atoms with Crippen LogP contribution in [-0.4, -0.2) is 11.5 Å². The van der Waals surface area contributed by atoms with E-state index >= 15 is 0 Å². The van der Waals surface area contributed by atoms with Crippen LogP contribution in [0.5, 0.6) is 11.6 Å². The Balaban J connectivity index is 2.35. The van der Waals surface area contributed by atoms with E-state index in [0.29, 0.717) is 18.2 Å². The van der Waals surface area contributed by atoms with Crippen LogP contribution in [0, 0.1) is 24.4 Å². The summed E-state index contributed by atoms with van der Waals surface area (Å²) >= 11 is 0. The van der Waals surface area contributed by atoms with Crippen molar-refractivity contribution in [3.63, 3.8) is 0 Å². The molecule has 3 nitrogen and oxygen atoms in total. The molecule has 2 rings (SSSR count). The number of rotatable bonds is 4. The van der Waals surface area contributed by atoms with Crippen LogP contribution in [0.4, 0.5) is 19.0 Å². The lowest BCUT2D eigenvalue weighted by atomic mass is 10.2. The molecule has 0 bridgehead atoms. The Hall–Kier alpha value is -2.24. The van der Waals surface area contributed by atoms with Crippen molar-refractivity contribution in [3.8, 4) is 11.6 Å². The number of benzene rings is 1. The van der Waals surface area contributed by atoms with Gasteiger partial charge in [-0.05, 0) is 37.6 Å². The number of aromatic nitrogens is 1. The molecule has 20 heavy (non-hydrogen) atoms. The zero-order chi connectivity index (χ0) is 14.7. The average molecular weight is 282 g/mol. The van der Waals surface area contributed by atoms with Crippen LogP contribution < -0.4 is 10.1 Å². The minimum atomic E-state index is -0.923. The van der Waals surface area contributed by atoms with Gasteiger partial charge in [-0.25, -0.2) is 13.2 Å². The fraction of sp³-hybridized carbons (Fsp3) is 0.214. The van der Waals surface area contributed by atoms with Crippen molar-refractivity contribution >= 4 is 5.82 Å². The maximum absolute atomic E-state index is 13.6. The molecule has 0 aliphatic rings. The van der Waals surface area contributed by atoms with Crippen molar-refractivity contribution < 1.29 is 17.9 Å². The molecule has 1 aromatic carbocycles. The summed E-state index contributed by atoms with van der Waals surface area (Å²) in [6, 6.07) is 4.50. The second kappa shape index (κ2) is 5.81. The molecule has 0 amide bonds. The Morgan fingerprint density at radius 2 is 1.90 bits per heavy atom. The highest BCUT2D eigenvalue weighted by Crippen LogP contribution is 2.28. The Morgan fingerprint density at radius 1 is 1.15 bits per heavy atom. The van der Waals surface area contributed by atoms with E-state index in [-0.39, 0.29) is 17.4 Å². The largest absolute Gasteiger partial charge is 0.436 e. The van der Waals surface area contributed by atoms with Gasteiger partial charge in [0.2, 0.25) is 0 Å². The maximum Gasteiger partial charge on any atom is 0.258 e. The van der Waals surface area contributed by atoms with E-state index in [1.165, 1.54) is 18.2 Å². The number of halogens is 3. The number of ether oxygens (including phenoxy) is 1. The first-order valence-electron chi connectivity index (χ1n) is 6.05. The van der Waals surface area contributed by atoms with Crippen molar-refractivity contribution in [1.82, 2.24) is 4.98 Å². The number of hydrogen-bond acceptors (Lipinski definition) is 3. The first kappa shape index (κ1) is 14.2. The molecule has 0 spiro atoms. The summed E-state index contributed by atoms with van der Waals surface area (Å²) in [4.78, 5) is 3.74. The van der Waals surface area contributed by atoms with Gasteiger partial charge in [-0.3, -0.25) is 0 Å². The van der Waals surface area contributed by atoms with Crippen LogP contribution in [0.2, 0.25) is 0 Å². The van der Waals surface area contributed by atoms with Gasteiger partial charge in [0, 0.05) is 12.6 Å². The summed E-state index contributed by atoms with van der Waals surface area (Å²) in [7, 11) is 0. The number of pyridine rings is 1. The van der Waals surface area contributed by atoms with Gasteiger partial charge in [0.05, 0.1) is 0 Å². The van der Waals surface area contributed by atoms with Crippen LogP contribution in [0.3, 0.4) is 0 Å². The van der Waals surface area contributed by atoms with Crippen molar-refractivity contribution in [2.24, 2.45) is 0 Å². The molecule has 0 fully saturated rings. The quantitative estimate of drug-likeness (QED) is 0.919. The molecule has 1 heterocycles. The zero-order valence-corrected chi connectivity index (χ0v) is 11.0. The fourth-order valence-electron chi connectivity index (χ4n) is 1.64. The van der Waals surface area contributed by atoms with Gasteiger partial charge in [0.15, 0.2) is 17.5 Å². The predicted molar refractivity (Wildman–Crippen MR) is 69.5 cm³/mol. The number of nitrogens with one attached hydrogen (secondary N) is 1. The number of nitrogens with zero attached hydrogens (tertiary/aromatic N) is 1. The molecule has 0 unspecified atom stereocenters. The molecule has 1 aromatic heterocycles. The second-order valence-corrected chi connectivity index (χ2v) is 4.15. The normalized spacial score (nSPS) is 10.4. The molecule has 6 heteroatoms. The minimum absolute atomic E-state index is 0.0938. The average Bonchev–Trinajstić information content (AvgIpc) is 2.38. The van der Waals surface area contributed by atoms with Crippen LogP contribution in [-0.2, 0) is 0 Å². The molecule has 0 saturated carbocycles. The first-order valence-corrected chi connectivity index (χ1v) is 6.05. The summed E-state index contributed by atoms with van der Waals surface area (Å²) in [6.07, 6.45) is 0. The van der Waals surface area contributed by atoms with Crippen molar-refractivity contribution in [1.29, 1.82) is 0 Å².